The maximum Gasteiger partial charge on any atom is 0.227 e. The first-order chi connectivity index (χ1) is 14.6. The lowest BCUT2D eigenvalue weighted by Gasteiger charge is -2.24. The van der Waals surface area contributed by atoms with Crippen molar-refractivity contribution in [2.75, 3.05) is 0 Å². The van der Waals surface area contributed by atoms with Gasteiger partial charge in [-0.3, -0.25) is 4.98 Å². The molecule has 1 fully saturated rings. The standard InChI is InChI=1S/C26H23BN2O/c1-16-8-9-20-23-19-7-3-2-6-17(19)15-29-25(23)30-24(20)22(16)21-14-18(10-13-28-21)26(27)11-4-5-12-26/h2-3,6-10,13-15H,4-5,11-12,27H2,1H3. The molecule has 0 saturated heterocycles. The maximum absolute atomic E-state index is 6.37. The third-order valence-electron chi connectivity index (χ3n) is 7.02. The van der Waals surface area contributed by atoms with Gasteiger partial charge in [0.05, 0.1) is 11.1 Å². The van der Waals surface area contributed by atoms with E-state index in [-0.39, 0.29) is 5.31 Å². The smallest absolute Gasteiger partial charge is 0.227 e. The van der Waals surface area contributed by atoms with E-state index in [9.17, 15) is 0 Å². The van der Waals surface area contributed by atoms with Crippen molar-refractivity contribution in [2.45, 2.75) is 37.9 Å². The van der Waals surface area contributed by atoms with Gasteiger partial charge in [0.1, 0.15) is 13.4 Å². The summed E-state index contributed by atoms with van der Waals surface area (Å²) in [6, 6.07) is 17.2. The second kappa shape index (κ2) is 6.43. The molecular formula is C26H23BN2O. The van der Waals surface area contributed by atoms with E-state index in [1.807, 2.05) is 18.5 Å². The molecule has 1 saturated carbocycles. The normalized spacial score (nSPS) is 16.0. The molecule has 0 bridgehead atoms. The first-order valence-electron chi connectivity index (χ1n) is 10.8. The first-order valence-corrected chi connectivity index (χ1v) is 10.8. The van der Waals surface area contributed by atoms with Gasteiger partial charge in [-0.25, -0.2) is 4.98 Å². The van der Waals surface area contributed by atoms with Gasteiger partial charge in [0, 0.05) is 28.7 Å². The summed E-state index contributed by atoms with van der Waals surface area (Å²) in [5, 5.41) is 4.75. The summed E-state index contributed by atoms with van der Waals surface area (Å²) >= 11 is 0. The number of hydrogen-bond acceptors (Lipinski definition) is 3. The zero-order valence-corrected chi connectivity index (χ0v) is 17.4. The predicted octanol–water partition coefficient (Wildman–Crippen LogP) is 5.91. The fourth-order valence-electron chi connectivity index (χ4n) is 5.27. The van der Waals surface area contributed by atoms with E-state index in [2.05, 4.69) is 62.2 Å². The number of benzene rings is 2. The average molecular weight is 390 g/mol. The molecule has 6 rings (SSSR count). The second-order valence-electron chi connectivity index (χ2n) is 8.96. The Morgan fingerprint density at radius 3 is 2.67 bits per heavy atom. The molecule has 0 aliphatic heterocycles. The quantitative estimate of drug-likeness (QED) is 0.352. The van der Waals surface area contributed by atoms with Gasteiger partial charge in [0.25, 0.3) is 0 Å². The molecule has 3 heterocycles. The summed E-state index contributed by atoms with van der Waals surface area (Å²) in [5.41, 5.74) is 6.21. The fourth-order valence-corrected chi connectivity index (χ4v) is 5.27. The Hall–Kier alpha value is -3.14. The van der Waals surface area contributed by atoms with Crippen molar-refractivity contribution in [3.63, 3.8) is 0 Å². The molecule has 0 spiro atoms. The molecule has 0 N–H and O–H groups in total. The van der Waals surface area contributed by atoms with Crippen LogP contribution in [0.25, 0.3) is 44.1 Å². The topological polar surface area (TPSA) is 38.9 Å². The Bertz CT molecular complexity index is 1430. The van der Waals surface area contributed by atoms with Crippen molar-refractivity contribution in [3.8, 4) is 11.3 Å². The molecular weight excluding hydrogens is 367 g/mol. The minimum absolute atomic E-state index is 0.255. The lowest BCUT2D eigenvalue weighted by atomic mass is 9.63. The fraction of sp³-hybridized carbons (Fsp3) is 0.231. The third kappa shape index (κ3) is 2.53. The Balaban J connectivity index is 1.64. The lowest BCUT2D eigenvalue weighted by molar-refractivity contribution is 0.634. The van der Waals surface area contributed by atoms with Gasteiger partial charge in [-0.1, -0.05) is 62.1 Å². The van der Waals surface area contributed by atoms with Crippen LogP contribution < -0.4 is 0 Å². The van der Waals surface area contributed by atoms with Crippen molar-refractivity contribution < 1.29 is 4.42 Å². The molecule has 0 amide bonds. The van der Waals surface area contributed by atoms with Gasteiger partial charge >= 0.3 is 0 Å². The van der Waals surface area contributed by atoms with E-state index < -0.39 is 0 Å². The molecule has 3 nitrogen and oxygen atoms in total. The molecule has 0 unspecified atom stereocenters. The number of aromatic nitrogens is 2. The van der Waals surface area contributed by atoms with E-state index in [0.717, 1.165) is 33.0 Å². The van der Waals surface area contributed by atoms with Crippen LogP contribution in [0.3, 0.4) is 0 Å². The molecule has 1 aliphatic rings. The van der Waals surface area contributed by atoms with Crippen LogP contribution in [0.15, 0.2) is 65.3 Å². The van der Waals surface area contributed by atoms with Crippen LogP contribution in [-0.4, -0.2) is 17.8 Å². The summed E-state index contributed by atoms with van der Waals surface area (Å²) in [6.45, 7) is 2.14. The number of nitrogens with zero attached hydrogens (tertiary/aromatic N) is 2. The zero-order valence-electron chi connectivity index (χ0n) is 17.4. The molecule has 0 radical (unpaired) electrons. The summed E-state index contributed by atoms with van der Waals surface area (Å²) in [6.07, 6.45) is 8.98. The average Bonchev–Trinajstić information content (AvgIpc) is 3.38. The number of rotatable bonds is 2. The molecule has 4 heteroatoms. The van der Waals surface area contributed by atoms with E-state index in [0.29, 0.717) is 5.71 Å². The van der Waals surface area contributed by atoms with E-state index in [1.165, 1.54) is 42.2 Å². The third-order valence-corrected chi connectivity index (χ3v) is 7.02. The van der Waals surface area contributed by atoms with Crippen molar-refractivity contribution >= 4 is 40.7 Å². The highest BCUT2D eigenvalue weighted by Crippen LogP contribution is 2.42. The summed E-state index contributed by atoms with van der Waals surface area (Å²) in [4.78, 5) is 9.39. The Morgan fingerprint density at radius 2 is 1.80 bits per heavy atom. The number of hydrogen-bond donors (Lipinski definition) is 0. The largest absolute Gasteiger partial charge is 0.437 e. The van der Waals surface area contributed by atoms with Crippen LogP contribution >= 0.6 is 0 Å². The van der Waals surface area contributed by atoms with Gasteiger partial charge in [-0.2, -0.15) is 0 Å². The van der Waals surface area contributed by atoms with Gasteiger partial charge in [0.15, 0.2) is 0 Å². The van der Waals surface area contributed by atoms with Crippen LogP contribution in [0.2, 0.25) is 0 Å². The van der Waals surface area contributed by atoms with Crippen LogP contribution in [-0.2, 0) is 5.31 Å². The molecule has 30 heavy (non-hydrogen) atoms. The van der Waals surface area contributed by atoms with Crippen LogP contribution in [0.5, 0.6) is 0 Å². The van der Waals surface area contributed by atoms with Gasteiger partial charge in [-0.15, -0.1) is 0 Å². The minimum atomic E-state index is 0.255. The molecule has 2 aromatic carbocycles. The second-order valence-corrected chi connectivity index (χ2v) is 8.96. The highest BCUT2D eigenvalue weighted by atomic mass is 16.3. The number of furan rings is 1. The van der Waals surface area contributed by atoms with Crippen molar-refractivity contribution in [3.05, 3.63) is 72.1 Å². The molecule has 0 atom stereocenters. The number of fused-ring (bicyclic) bond motifs is 5. The maximum atomic E-state index is 6.37. The first kappa shape index (κ1) is 17.7. The monoisotopic (exact) mass is 390 g/mol. The highest BCUT2D eigenvalue weighted by molar-refractivity contribution is 6.19. The number of aryl methyl sites for hydroxylation is 1. The van der Waals surface area contributed by atoms with E-state index in [1.54, 1.807) is 0 Å². The van der Waals surface area contributed by atoms with Crippen molar-refractivity contribution in [1.82, 2.24) is 9.97 Å². The van der Waals surface area contributed by atoms with Crippen LogP contribution in [0.4, 0.5) is 0 Å². The van der Waals surface area contributed by atoms with Gasteiger partial charge in [0.2, 0.25) is 5.71 Å². The summed E-state index contributed by atoms with van der Waals surface area (Å²) < 4.78 is 6.37. The van der Waals surface area contributed by atoms with Gasteiger partial charge in [-0.05, 0) is 40.9 Å². The van der Waals surface area contributed by atoms with E-state index >= 15 is 0 Å². The Kier molecular flexibility index (Phi) is 3.79. The molecule has 5 aromatic rings. The molecule has 3 aromatic heterocycles. The van der Waals surface area contributed by atoms with Gasteiger partial charge < -0.3 is 4.42 Å². The van der Waals surface area contributed by atoms with E-state index in [4.69, 9.17) is 9.40 Å². The minimum Gasteiger partial charge on any atom is -0.437 e. The van der Waals surface area contributed by atoms with Crippen molar-refractivity contribution in [1.29, 1.82) is 0 Å². The summed E-state index contributed by atoms with van der Waals surface area (Å²) in [7, 11) is 2.39. The molecule has 1 aliphatic carbocycles. The van der Waals surface area contributed by atoms with Crippen molar-refractivity contribution in [2.24, 2.45) is 0 Å². The summed E-state index contributed by atoms with van der Waals surface area (Å²) in [5.74, 6) is 0. The van der Waals surface area contributed by atoms with Crippen LogP contribution in [0.1, 0.15) is 36.8 Å². The van der Waals surface area contributed by atoms with Crippen LogP contribution in [0, 0.1) is 6.92 Å². The SMILES string of the molecule is BC1(c2ccnc(-c3c(C)ccc4c3oc3ncc5ccccc5c34)c2)CCCC1. The Morgan fingerprint density at radius 1 is 0.967 bits per heavy atom. The predicted molar refractivity (Wildman–Crippen MR) is 126 cm³/mol. The lowest BCUT2D eigenvalue weighted by Crippen LogP contribution is -2.22. The zero-order chi connectivity index (χ0) is 20.3. The number of pyridine rings is 2. The molecule has 146 valence electrons. The highest BCUT2D eigenvalue weighted by Gasteiger charge is 2.31. The Labute approximate surface area is 176 Å².